The van der Waals surface area contributed by atoms with Gasteiger partial charge in [0.05, 0.1) is 21.1 Å². The number of halogens is 2. The Bertz CT molecular complexity index is 1220. The number of rotatable bonds is 41. The first-order chi connectivity index (χ1) is 29.9. The van der Waals surface area contributed by atoms with Crippen LogP contribution in [0.15, 0.2) is 48.5 Å². The second kappa shape index (κ2) is 41.1. The monoisotopic (exact) mass is 1110 g/mol. The number of aliphatic hydroxyl groups is 1. The Hall–Kier alpha value is -0.0700. The number of nitrogens with zero attached hydrogens (tertiary/aromatic N) is 1. The molecule has 0 saturated heterocycles. The van der Waals surface area contributed by atoms with Crippen LogP contribution in [-0.4, -0.2) is 66.1 Å². The smallest absolute Gasteiger partial charge is 0.359 e. The lowest BCUT2D eigenvalue weighted by Gasteiger charge is -2.26. The molecule has 0 fully saturated rings. The number of benzene rings is 2. The molecule has 0 amide bonds. The van der Waals surface area contributed by atoms with Gasteiger partial charge in [0, 0.05) is 20.4 Å². The van der Waals surface area contributed by atoms with E-state index < -0.39 is 13.4 Å². The van der Waals surface area contributed by atoms with Crippen molar-refractivity contribution in [2.45, 2.75) is 224 Å². The number of aliphatic hydroxyl groups excluding tert-OH is 1. The molecule has 0 aliphatic heterocycles. The van der Waals surface area contributed by atoms with E-state index in [2.05, 4.69) is 93.7 Å². The van der Waals surface area contributed by atoms with Gasteiger partial charge in [0.2, 0.25) is 5.85 Å². The van der Waals surface area contributed by atoms with Crippen molar-refractivity contribution < 1.29 is 28.7 Å². The first kappa shape index (κ1) is 59.9. The molecule has 62 heavy (non-hydrogen) atoms. The summed E-state index contributed by atoms with van der Waals surface area (Å²) in [5.74, 6) is -1.55. The second-order valence-electron chi connectivity index (χ2n) is 19.2. The highest BCUT2D eigenvalue weighted by atomic mass is 127. The molecule has 2 rings (SSSR count). The quantitative estimate of drug-likeness (QED) is 0.0267. The average Bonchev–Trinajstić information content (AvgIpc) is 3.22. The lowest BCUT2D eigenvalue weighted by atomic mass is 10.0. The van der Waals surface area contributed by atoms with E-state index in [9.17, 15) is 4.57 Å². The highest BCUT2D eigenvalue weighted by Crippen LogP contribution is 2.40. The third-order valence-corrected chi connectivity index (χ3v) is 14.3. The van der Waals surface area contributed by atoms with Crippen LogP contribution < -0.4 is 0 Å². The number of quaternary nitrogens is 1. The van der Waals surface area contributed by atoms with Gasteiger partial charge in [-0.3, -0.25) is 4.57 Å². The molecule has 0 heterocycles. The minimum atomic E-state index is -4.31. The summed E-state index contributed by atoms with van der Waals surface area (Å²) in [5, 5.41) is 8.94. The molecule has 1 unspecified atom stereocenters. The van der Waals surface area contributed by atoms with Crippen LogP contribution >= 0.6 is 52.8 Å². The highest BCUT2D eigenvalue weighted by Gasteiger charge is 2.31. The Balaban J connectivity index is 0.00000153. The second-order valence-corrected chi connectivity index (χ2v) is 23.5. The third kappa shape index (κ3) is 41.4. The zero-order valence-electron chi connectivity index (χ0n) is 40.2. The molecule has 2 aromatic carbocycles. The van der Waals surface area contributed by atoms with Gasteiger partial charge in [-0.25, -0.2) is 0 Å². The molecule has 0 spiro atoms. The van der Waals surface area contributed by atoms with E-state index in [1.54, 1.807) is 21.1 Å². The van der Waals surface area contributed by atoms with Crippen LogP contribution in [0.1, 0.15) is 217 Å². The molecule has 0 radical (unpaired) electrons. The molecule has 3 N–H and O–H groups in total. The van der Waals surface area contributed by atoms with Crippen LogP contribution in [0.5, 0.6) is 0 Å². The lowest BCUT2D eigenvalue weighted by Crippen LogP contribution is -2.41. The summed E-state index contributed by atoms with van der Waals surface area (Å²) in [4.78, 5) is 17.0. The first-order valence-electron chi connectivity index (χ1n) is 25.5. The Kier molecular flexibility index (Phi) is 39.8. The van der Waals surface area contributed by atoms with Gasteiger partial charge in [0.25, 0.3) is 0 Å². The van der Waals surface area contributed by atoms with E-state index in [0.717, 1.165) is 13.2 Å². The summed E-state index contributed by atoms with van der Waals surface area (Å²) < 4.78 is 19.4. The average molecular weight is 1110 g/mol. The molecule has 0 aliphatic carbocycles. The van der Waals surface area contributed by atoms with Crippen LogP contribution in [-0.2, 0) is 22.1 Å². The fraction of sp³-hybridized carbons (Fsp3) is 0.774. The number of likely N-dealkylation sites (N-methyl/N-ethyl adjacent to an activating group) is 1. The van der Waals surface area contributed by atoms with Crippen molar-refractivity contribution >= 4 is 52.8 Å². The summed E-state index contributed by atoms with van der Waals surface area (Å²) in [6.07, 6.45) is 47.9. The zero-order chi connectivity index (χ0) is 45.4. The predicted molar refractivity (Wildman–Crippen MR) is 285 cm³/mol. The van der Waals surface area contributed by atoms with Gasteiger partial charge in [0.15, 0.2) is 0 Å². The summed E-state index contributed by atoms with van der Waals surface area (Å²) in [5.41, 5.74) is 3.01. The highest BCUT2D eigenvalue weighted by molar-refractivity contribution is 14.1. The fourth-order valence-electron chi connectivity index (χ4n) is 8.02. The molecule has 1 atom stereocenters. The first-order valence-corrected chi connectivity index (χ1v) is 29.3. The number of ether oxygens (including phenoxy) is 1. The van der Waals surface area contributed by atoms with Crippen molar-refractivity contribution in [1.29, 1.82) is 0 Å². The molecule has 0 saturated carbocycles. The van der Waals surface area contributed by atoms with Gasteiger partial charge in [-0.2, -0.15) is 0 Å². The molecule has 0 aliphatic rings. The van der Waals surface area contributed by atoms with E-state index in [1.165, 1.54) is 237 Å². The van der Waals surface area contributed by atoms with E-state index in [4.69, 9.17) is 19.6 Å². The fourth-order valence-corrected chi connectivity index (χ4v) is 9.44. The van der Waals surface area contributed by atoms with E-state index in [-0.39, 0.29) is 6.54 Å². The van der Waals surface area contributed by atoms with Crippen molar-refractivity contribution in [1.82, 2.24) is 0 Å². The summed E-state index contributed by atoms with van der Waals surface area (Å²) >= 11 is 4.78. The van der Waals surface area contributed by atoms with Crippen LogP contribution in [0.3, 0.4) is 0 Å². The van der Waals surface area contributed by atoms with Gasteiger partial charge in [-0.05, 0) is 119 Å². The van der Waals surface area contributed by atoms with Gasteiger partial charge in [-0.1, -0.05) is 204 Å². The molecular formula is C53H95I2NO5P+. The van der Waals surface area contributed by atoms with E-state index >= 15 is 0 Å². The molecule has 0 aromatic heterocycles. The largest absolute Gasteiger partial charge is 0.381 e. The number of hydrogen-bond donors (Lipinski definition) is 3. The van der Waals surface area contributed by atoms with Crippen molar-refractivity contribution in [2.24, 2.45) is 0 Å². The molecule has 2 aromatic rings. The van der Waals surface area contributed by atoms with Gasteiger partial charge in [0.1, 0.15) is 6.54 Å². The van der Waals surface area contributed by atoms with Crippen LogP contribution in [0.2, 0.25) is 0 Å². The van der Waals surface area contributed by atoms with Gasteiger partial charge in [-0.15, -0.1) is 0 Å². The van der Waals surface area contributed by atoms with Gasteiger partial charge >= 0.3 is 7.60 Å². The van der Waals surface area contributed by atoms with E-state index in [0.29, 0.717) is 4.48 Å². The Morgan fingerprint density at radius 3 is 0.871 bits per heavy atom. The van der Waals surface area contributed by atoms with Gasteiger partial charge < -0.3 is 24.1 Å². The molecule has 6 nitrogen and oxygen atoms in total. The number of aryl methyl sites for hydroxylation is 2. The molecule has 360 valence electrons. The molecule has 9 heteroatoms. The third-order valence-electron chi connectivity index (χ3n) is 11.9. The van der Waals surface area contributed by atoms with Crippen LogP contribution in [0, 0.1) is 7.14 Å². The Morgan fingerprint density at radius 2 is 0.661 bits per heavy atom. The maximum atomic E-state index is 10.4. The number of hydrogen-bond acceptors (Lipinski definition) is 3. The summed E-state index contributed by atoms with van der Waals surface area (Å²) in [7, 11) is 0.933. The maximum Gasteiger partial charge on any atom is 0.359 e. The minimum Gasteiger partial charge on any atom is -0.381 e. The van der Waals surface area contributed by atoms with Crippen molar-refractivity contribution in [2.75, 3.05) is 40.9 Å². The van der Waals surface area contributed by atoms with Crippen molar-refractivity contribution in [3.05, 3.63) is 66.8 Å². The van der Waals surface area contributed by atoms with Crippen molar-refractivity contribution in [3.63, 3.8) is 0 Å². The molecular weight excluding hydrogens is 1020 g/mol. The Labute approximate surface area is 410 Å². The zero-order valence-corrected chi connectivity index (χ0v) is 45.4. The normalized spacial score (nSPS) is 12.4. The maximum absolute atomic E-state index is 10.4. The van der Waals surface area contributed by atoms with Crippen molar-refractivity contribution in [3.8, 4) is 0 Å². The molecule has 0 bridgehead atoms. The standard InChI is InChI=1S/C48H80I2O.C5H14NO4P/c49-47-39-35-45(36-40-47)33-29-25-21-17-13-9-5-1-3-7-11-15-19-23-27-31-43-51-44-32-28-24-20-16-12-8-4-2-6-10-14-18-22-26-30-34-46-37-41-48(50)42-38-46;1-6(2,3)4-5(7)11(8,9)10/h35-42H,1-34,43-44H2;5,7H,4H2,1-3H3,(H-,8,9,10)/p+1. The van der Waals surface area contributed by atoms with Crippen LogP contribution in [0.25, 0.3) is 0 Å². The number of unbranched alkanes of at least 4 members (excludes halogenated alkanes) is 30. The Morgan fingerprint density at radius 1 is 0.435 bits per heavy atom. The summed E-state index contributed by atoms with van der Waals surface area (Å²) in [6.45, 7) is 2.02. The topological polar surface area (TPSA) is 87.0 Å². The van der Waals surface area contributed by atoms with Crippen LogP contribution in [0.4, 0.5) is 0 Å². The minimum absolute atomic E-state index is 0.0459. The predicted octanol–water partition coefficient (Wildman–Crippen LogP) is 16.4. The lowest BCUT2D eigenvalue weighted by molar-refractivity contribution is -0.872. The SMILES string of the molecule is C[N+](C)(C)CC(O)P(=O)(O)O.Ic1ccc(CCCCCCCCCCCCCCCCCCOCCCCCCCCCCCCCCCCCCc2ccc(I)cc2)cc1. The summed E-state index contributed by atoms with van der Waals surface area (Å²) in [6, 6.07) is 18.1. The van der Waals surface area contributed by atoms with E-state index in [1.807, 2.05) is 0 Å².